The number of likely N-dealkylation sites (N-methyl/N-ethyl adjacent to an activating group) is 1. The molecule has 1 aliphatic rings. The van der Waals surface area contributed by atoms with Crippen LogP contribution in [0.2, 0.25) is 5.02 Å². The first-order valence-electron chi connectivity index (χ1n) is 9.88. The summed E-state index contributed by atoms with van der Waals surface area (Å²) in [6.45, 7) is 3.86. The molecular formula is C22H21ClN4O4. The molecule has 0 saturated heterocycles. The number of fused-ring (bicyclic) bond motifs is 2. The maximum absolute atomic E-state index is 13.2. The maximum Gasteiger partial charge on any atom is 0.265 e. The summed E-state index contributed by atoms with van der Waals surface area (Å²) in [7, 11) is 0. The summed E-state index contributed by atoms with van der Waals surface area (Å²) in [4.78, 5) is 48.0. The third-order valence-electron chi connectivity index (χ3n) is 5.18. The van der Waals surface area contributed by atoms with Gasteiger partial charge in [0, 0.05) is 18.5 Å². The van der Waals surface area contributed by atoms with Gasteiger partial charge in [-0.1, -0.05) is 23.7 Å². The van der Waals surface area contributed by atoms with Gasteiger partial charge in [0.1, 0.15) is 11.6 Å². The molecule has 8 nitrogen and oxygen atoms in total. The molecule has 0 aliphatic carbocycles. The van der Waals surface area contributed by atoms with Crippen LogP contribution in [-0.4, -0.2) is 45.9 Å². The van der Waals surface area contributed by atoms with E-state index in [4.69, 9.17) is 16.3 Å². The summed E-state index contributed by atoms with van der Waals surface area (Å²) in [5.74, 6) is 0.353. The number of aromatic amines is 1. The zero-order valence-electron chi connectivity index (χ0n) is 17.1. The number of nitrogens with one attached hydrogen (secondary N) is 1. The number of para-hydroxylation sites is 2. The lowest BCUT2D eigenvalue weighted by molar-refractivity contribution is -0.139. The standard InChI is InChI=1S/C22H21ClN4O4/c1-3-26(12-20-24-16-10-14(23)8-9-15(16)21(29)25-20)22(30)19-11-27(13(2)28)17-6-4-5-7-18(17)31-19/h4-10,19H,3,11-12H2,1-2H3,(H,24,25,29). The predicted octanol–water partition coefficient (Wildman–Crippen LogP) is 2.74. The second-order valence-electron chi connectivity index (χ2n) is 7.23. The largest absolute Gasteiger partial charge is 0.476 e. The molecule has 0 fully saturated rings. The minimum absolute atomic E-state index is 0.0919. The Kier molecular flexibility index (Phi) is 5.65. The molecule has 3 aromatic rings. The van der Waals surface area contributed by atoms with E-state index in [9.17, 15) is 14.4 Å². The summed E-state index contributed by atoms with van der Waals surface area (Å²) in [6.07, 6.45) is -0.861. The highest BCUT2D eigenvalue weighted by molar-refractivity contribution is 6.31. The number of halogens is 1. The van der Waals surface area contributed by atoms with E-state index in [0.717, 1.165) is 0 Å². The number of nitrogens with zero attached hydrogens (tertiary/aromatic N) is 3. The van der Waals surface area contributed by atoms with Crippen LogP contribution in [-0.2, 0) is 16.1 Å². The van der Waals surface area contributed by atoms with Crippen molar-refractivity contribution < 1.29 is 14.3 Å². The lowest BCUT2D eigenvalue weighted by Gasteiger charge is -2.35. The van der Waals surface area contributed by atoms with Gasteiger partial charge in [0.15, 0.2) is 6.10 Å². The molecule has 4 rings (SSSR count). The third kappa shape index (κ3) is 4.11. The van der Waals surface area contributed by atoms with Crippen molar-refractivity contribution in [2.45, 2.75) is 26.5 Å². The molecule has 31 heavy (non-hydrogen) atoms. The van der Waals surface area contributed by atoms with E-state index in [1.54, 1.807) is 36.4 Å². The summed E-state index contributed by atoms with van der Waals surface area (Å²) in [5, 5.41) is 0.894. The highest BCUT2D eigenvalue weighted by atomic mass is 35.5. The molecule has 160 valence electrons. The highest BCUT2D eigenvalue weighted by Crippen LogP contribution is 2.33. The number of carbonyl (C=O) groups is 2. The fourth-order valence-electron chi connectivity index (χ4n) is 3.63. The first-order chi connectivity index (χ1) is 14.9. The van der Waals surface area contributed by atoms with Crippen molar-refractivity contribution in [3.63, 3.8) is 0 Å². The zero-order valence-corrected chi connectivity index (χ0v) is 17.8. The van der Waals surface area contributed by atoms with Crippen LogP contribution < -0.4 is 15.2 Å². The number of rotatable bonds is 4. The van der Waals surface area contributed by atoms with Crippen LogP contribution in [0.1, 0.15) is 19.7 Å². The van der Waals surface area contributed by atoms with E-state index < -0.39 is 6.10 Å². The van der Waals surface area contributed by atoms with Crippen molar-refractivity contribution in [3.8, 4) is 5.75 Å². The Morgan fingerprint density at radius 2 is 2.06 bits per heavy atom. The Labute approximate surface area is 183 Å². The van der Waals surface area contributed by atoms with E-state index >= 15 is 0 Å². The fraction of sp³-hybridized carbons (Fsp3) is 0.273. The Bertz CT molecular complexity index is 1230. The minimum Gasteiger partial charge on any atom is -0.476 e. The van der Waals surface area contributed by atoms with Crippen molar-refractivity contribution in [1.82, 2.24) is 14.9 Å². The van der Waals surface area contributed by atoms with Gasteiger partial charge in [0.05, 0.1) is 29.7 Å². The van der Waals surface area contributed by atoms with Crippen molar-refractivity contribution in [2.24, 2.45) is 0 Å². The molecule has 1 unspecified atom stereocenters. The first kappa shape index (κ1) is 20.9. The van der Waals surface area contributed by atoms with E-state index in [2.05, 4.69) is 9.97 Å². The summed E-state index contributed by atoms with van der Waals surface area (Å²) in [5.41, 5.74) is 0.797. The Morgan fingerprint density at radius 1 is 1.29 bits per heavy atom. The van der Waals surface area contributed by atoms with Gasteiger partial charge >= 0.3 is 0 Å². The maximum atomic E-state index is 13.2. The SMILES string of the molecule is CCN(Cc1nc2cc(Cl)ccc2c(=O)[nH]1)C(=O)C1CN(C(C)=O)c2ccccc2O1. The van der Waals surface area contributed by atoms with Gasteiger partial charge in [-0.05, 0) is 37.3 Å². The van der Waals surface area contributed by atoms with Gasteiger partial charge in [-0.25, -0.2) is 4.98 Å². The van der Waals surface area contributed by atoms with Crippen LogP contribution in [0.4, 0.5) is 5.69 Å². The Balaban J connectivity index is 1.60. The normalized spacial score (nSPS) is 15.3. The molecule has 1 aromatic heterocycles. The van der Waals surface area contributed by atoms with Gasteiger partial charge in [-0.15, -0.1) is 0 Å². The number of ether oxygens (including phenoxy) is 1. The number of carbonyl (C=O) groups excluding carboxylic acids is 2. The highest BCUT2D eigenvalue weighted by Gasteiger charge is 2.34. The van der Waals surface area contributed by atoms with Crippen LogP contribution in [0, 0.1) is 0 Å². The topological polar surface area (TPSA) is 95.6 Å². The number of H-pyrrole nitrogens is 1. The second-order valence-corrected chi connectivity index (χ2v) is 7.67. The predicted molar refractivity (Wildman–Crippen MR) is 117 cm³/mol. The zero-order chi connectivity index (χ0) is 22.1. The Morgan fingerprint density at radius 3 is 2.81 bits per heavy atom. The van der Waals surface area contributed by atoms with E-state index in [-0.39, 0.29) is 30.5 Å². The molecule has 9 heteroatoms. The molecule has 2 amide bonds. The smallest absolute Gasteiger partial charge is 0.265 e. The van der Waals surface area contributed by atoms with Gasteiger partial charge in [0.2, 0.25) is 5.91 Å². The lowest BCUT2D eigenvalue weighted by atomic mass is 10.1. The van der Waals surface area contributed by atoms with Crippen molar-refractivity contribution in [2.75, 3.05) is 18.0 Å². The van der Waals surface area contributed by atoms with Crippen molar-refractivity contribution in [1.29, 1.82) is 0 Å². The quantitative estimate of drug-likeness (QED) is 0.673. The molecule has 0 bridgehead atoms. The molecule has 0 saturated carbocycles. The molecule has 0 spiro atoms. The number of aromatic nitrogens is 2. The van der Waals surface area contributed by atoms with Crippen LogP contribution in [0.5, 0.6) is 5.75 Å². The van der Waals surface area contributed by atoms with E-state index in [0.29, 0.717) is 39.7 Å². The van der Waals surface area contributed by atoms with Gasteiger partial charge in [0.25, 0.3) is 11.5 Å². The van der Waals surface area contributed by atoms with Crippen molar-refractivity contribution in [3.05, 3.63) is 63.7 Å². The lowest BCUT2D eigenvalue weighted by Crippen LogP contribution is -2.51. The van der Waals surface area contributed by atoms with Crippen LogP contribution >= 0.6 is 11.6 Å². The first-order valence-corrected chi connectivity index (χ1v) is 10.3. The molecule has 0 radical (unpaired) electrons. The summed E-state index contributed by atoms with van der Waals surface area (Å²) in [6, 6.07) is 12.0. The van der Waals surface area contributed by atoms with Gasteiger partial charge in [-0.3, -0.25) is 14.4 Å². The van der Waals surface area contributed by atoms with E-state index in [1.165, 1.54) is 16.7 Å². The molecular weight excluding hydrogens is 420 g/mol. The molecule has 1 N–H and O–H groups in total. The van der Waals surface area contributed by atoms with E-state index in [1.807, 2.05) is 13.0 Å². The molecule has 2 aromatic carbocycles. The van der Waals surface area contributed by atoms with Crippen LogP contribution in [0.3, 0.4) is 0 Å². The van der Waals surface area contributed by atoms with Crippen LogP contribution in [0.15, 0.2) is 47.3 Å². The number of hydrogen-bond donors (Lipinski definition) is 1. The fourth-order valence-corrected chi connectivity index (χ4v) is 3.79. The second kappa shape index (κ2) is 8.39. The molecule has 2 heterocycles. The average Bonchev–Trinajstić information content (AvgIpc) is 2.75. The number of amides is 2. The molecule has 1 aliphatic heterocycles. The monoisotopic (exact) mass is 440 g/mol. The minimum atomic E-state index is -0.861. The summed E-state index contributed by atoms with van der Waals surface area (Å²) >= 11 is 6.02. The van der Waals surface area contributed by atoms with Crippen molar-refractivity contribution >= 4 is 40.0 Å². The number of benzene rings is 2. The third-order valence-corrected chi connectivity index (χ3v) is 5.42. The molecule has 1 atom stereocenters. The number of hydrogen-bond acceptors (Lipinski definition) is 5. The van der Waals surface area contributed by atoms with Crippen LogP contribution in [0.25, 0.3) is 10.9 Å². The van der Waals surface area contributed by atoms with Gasteiger partial charge in [-0.2, -0.15) is 0 Å². The Hall–Kier alpha value is -3.39. The summed E-state index contributed by atoms with van der Waals surface area (Å²) < 4.78 is 5.91. The van der Waals surface area contributed by atoms with Gasteiger partial charge < -0.3 is 19.5 Å². The number of anilines is 1. The average molecular weight is 441 g/mol.